The van der Waals surface area contributed by atoms with E-state index < -0.39 is 0 Å². The zero-order valence-electron chi connectivity index (χ0n) is 12.0. The molecule has 0 saturated carbocycles. The molecule has 0 saturated heterocycles. The van der Waals surface area contributed by atoms with Crippen molar-refractivity contribution in [3.05, 3.63) is 47.0 Å². The molecule has 0 bridgehead atoms. The van der Waals surface area contributed by atoms with Gasteiger partial charge in [0, 0.05) is 12.8 Å². The van der Waals surface area contributed by atoms with E-state index in [4.69, 9.17) is 0 Å². The Kier molecular flexibility index (Phi) is 5.38. The van der Waals surface area contributed by atoms with Crippen LogP contribution < -0.4 is 0 Å². The van der Waals surface area contributed by atoms with Gasteiger partial charge in [-0.1, -0.05) is 49.3 Å². The Morgan fingerprint density at radius 3 is 2.21 bits per heavy atom. The van der Waals surface area contributed by atoms with Gasteiger partial charge in [-0.2, -0.15) is 0 Å². The summed E-state index contributed by atoms with van der Waals surface area (Å²) in [6.45, 7) is 2.23. The maximum atomic E-state index is 11.2. The van der Waals surface area contributed by atoms with E-state index in [2.05, 4.69) is 37.3 Å². The summed E-state index contributed by atoms with van der Waals surface area (Å²) in [6.07, 6.45) is 10.5. The molecule has 0 atom stereocenters. The first-order valence-electron chi connectivity index (χ1n) is 7.55. The minimum atomic E-state index is 0.393. The van der Waals surface area contributed by atoms with E-state index in [-0.39, 0.29) is 0 Å². The highest BCUT2D eigenvalue weighted by Crippen LogP contribution is 2.20. The molecule has 0 aliphatic heterocycles. The molecule has 2 rings (SSSR count). The van der Waals surface area contributed by atoms with Gasteiger partial charge in [0.2, 0.25) is 0 Å². The average Bonchev–Trinajstić information content (AvgIpc) is 2.46. The molecule has 1 heteroatoms. The van der Waals surface area contributed by atoms with E-state index in [1.165, 1.54) is 36.0 Å². The van der Waals surface area contributed by atoms with E-state index in [1.807, 2.05) is 0 Å². The Labute approximate surface area is 116 Å². The van der Waals surface area contributed by atoms with E-state index in [0.29, 0.717) is 12.2 Å². The molecule has 0 unspecified atom stereocenters. The van der Waals surface area contributed by atoms with Crippen LogP contribution in [0.3, 0.4) is 0 Å². The van der Waals surface area contributed by atoms with Crippen LogP contribution >= 0.6 is 0 Å². The van der Waals surface area contributed by atoms with Crippen molar-refractivity contribution in [1.29, 1.82) is 0 Å². The number of allylic oxidation sites excluding steroid dienone is 2. The maximum absolute atomic E-state index is 11.2. The topological polar surface area (TPSA) is 17.1 Å². The van der Waals surface area contributed by atoms with E-state index >= 15 is 0 Å². The first kappa shape index (κ1) is 14.0. The van der Waals surface area contributed by atoms with Gasteiger partial charge in [0.15, 0.2) is 0 Å². The largest absolute Gasteiger partial charge is 0.299 e. The normalized spacial score (nSPS) is 15.4. The standard InChI is InChI=1S/C18H24O/c1-2-3-4-15-5-7-16(8-6-15)9-10-17-11-13-18(19)14-12-17/h5-8,11H,2-4,9-10,12-14H2,1H3. The lowest BCUT2D eigenvalue weighted by atomic mass is 9.93. The highest BCUT2D eigenvalue weighted by molar-refractivity contribution is 5.81. The lowest BCUT2D eigenvalue weighted by molar-refractivity contribution is -0.118. The zero-order chi connectivity index (χ0) is 13.5. The van der Waals surface area contributed by atoms with Crippen molar-refractivity contribution < 1.29 is 4.79 Å². The third kappa shape index (κ3) is 4.66. The molecule has 0 spiro atoms. The summed E-state index contributed by atoms with van der Waals surface area (Å²) in [6, 6.07) is 9.06. The third-order valence-corrected chi connectivity index (χ3v) is 3.92. The quantitative estimate of drug-likeness (QED) is 0.678. The van der Waals surface area contributed by atoms with Crippen LogP contribution in [0, 0.1) is 0 Å². The molecule has 1 aromatic carbocycles. The molecular weight excluding hydrogens is 232 g/mol. The first-order chi connectivity index (χ1) is 9.28. The summed E-state index contributed by atoms with van der Waals surface area (Å²) in [5, 5.41) is 0. The Balaban J connectivity index is 1.81. The second-order valence-electron chi connectivity index (χ2n) is 5.53. The van der Waals surface area contributed by atoms with Gasteiger partial charge >= 0.3 is 0 Å². The predicted molar refractivity (Wildman–Crippen MR) is 80.3 cm³/mol. The van der Waals surface area contributed by atoms with Gasteiger partial charge in [0.25, 0.3) is 0 Å². The van der Waals surface area contributed by atoms with Gasteiger partial charge in [0.05, 0.1) is 0 Å². The van der Waals surface area contributed by atoms with Crippen molar-refractivity contribution >= 4 is 5.78 Å². The molecule has 1 aromatic rings. The number of benzene rings is 1. The molecular formula is C18H24O. The van der Waals surface area contributed by atoms with Crippen LogP contribution in [-0.2, 0) is 17.6 Å². The van der Waals surface area contributed by atoms with Crippen LogP contribution in [0.1, 0.15) is 56.6 Å². The van der Waals surface area contributed by atoms with Crippen LogP contribution in [-0.4, -0.2) is 5.78 Å². The molecule has 0 fully saturated rings. The lowest BCUT2D eigenvalue weighted by Crippen LogP contribution is -2.04. The highest BCUT2D eigenvalue weighted by Gasteiger charge is 2.09. The Hall–Kier alpha value is -1.37. The summed E-state index contributed by atoms with van der Waals surface area (Å²) >= 11 is 0. The Bertz CT molecular complexity index is 439. The molecule has 1 aliphatic carbocycles. The van der Waals surface area contributed by atoms with Gasteiger partial charge in [0.1, 0.15) is 5.78 Å². The highest BCUT2D eigenvalue weighted by atomic mass is 16.1. The van der Waals surface area contributed by atoms with Crippen molar-refractivity contribution in [1.82, 2.24) is 0 Å². The molecule has 19 heavy (non-hydrogen) atoms. The number of ketones is 1. The average molecular weight is 256 g/mol. The molecule has 102 valence electrons. The summed E-state index contributed by atoms with van der Waals surface area (Å²) < 4.78 is 0. The fourth-order valence-corrected chi connectivity index (χ4v) is 2.55. The van der Waals surface area contributed by atoms with Crippen LogP contribution in [0.4, 0.5) is 0 Å². The summed E-state index contributed by atoms with van der Waals surface area (Å²) in [5.74, 6) is 0.393. The van der Waals surface area contributed by atoms with Crippen molar-refractivity contribution in [3.8, 4) is 0 Å². The maximum Gasteiger partial charge on any atom is 0.136 e. The second kappa shape index (κ2) is 7.28. The van der Waals surface area contributed by atoms with Gasteiger partial charge in [-0.15, -0.1) is 0 Å². The number of hydrogen-bond acceptors (Lipinski definition) is 1. The molecule has 0 aromatic heterocycles. The number of hydrogen-bond donors (Lipinski definition) is 0. The summed E-state index contributed by atoms with van der Waals surface area (Å²) in [7, 11) is 0. The van der Waals surface area contributed by atoms with E-state index in [9.17, 15) is 4.79 Å². The second-order valence-corrected chi connectivity index (χ2v) is 5.53. The molecule has 0 amide bonds. The van der Waals surface area contributed by atoms with E-state index in [0.717, 1.165) is 25.7 Å². The number of rotatable bonds is 6. The number of Topliss-reactive ketones (excluding diaryl/α,β-unsaturated/α-hetero) is 1. The molecule has 0 heterocycles. The van der Waals surface area contributed by atoms with Crippen molar-refractivity contribution in [2.75, 3.05) is 0 Å². The minimum Gasteiger partial charge on any atom is -0.299 e. The molecule has 1 aliphatic rings. The van der Waals surface area contributed by atoms with Crippen molar-refractivity contribution in [2.24, 2.45) is 0 Å². The van der Waals surface area contributed by atoms with Gasteiger partial charge < -0.3 is 0 Å². The Morgan fingerprint density at radius 2 is 1.63 bits per heavy atom. The van der Waals surface area contributed by atoms with Crippen LogP contribution in [0.15, 0.2) is 35.9 Å². The minimum absolute atomic E-state index is 0.393. The summed E-state index contributed by atoms with van der Waals surface area (Å²) in [4.78, 5) is 11.2. The summed E-state index contributed by atoms with van der Waals surface area (Å²) in [5.41, 5.74) is 4.33. The number of carbonyl (C=O) groups excluding carboxylic acids is 1. The molecule has 1 nitrogen and oxygen atoms in total. The van der Waals surface area contributed by atoms with Crippen LogP contribution in [0.5, 0.6) is 0 Å². The monoisotopic (exact) mass is 256 g/mol. The fourth-order valence-electron chi connectivity index (χ4n) is 2.55. The fraction of sp³-hybridized carbons (Fsp3) is 0.500. The van der Waals surface area contributed by atoms with Crippen LogP contribution in [0.2, 0.25) is 0 Å². The molecule has 0 N–H and O–H groups in total. The van der Waals surface area contributed by atoms with Crippen molar-refractivity contribution in [3.63, 3.8) is 0 Å². The van der Waals surface area contributed by atoms with Crippen LogP contribution in [0.25, 0.3) is 0 Å². The zero-order valence-corrected chi connectivity index (χ0v) is 12.0. The first-order valence-corrected chi connectivity index (χ1v) is 7.55. The van der Waals surface area contributed by atoms with Gasteiger partial charge in [-0.3, -0.25) is 4.79 Å². The number of carbonyl (C=O) groups is 1. The smallest absolute Gasteiger partial charge is 0.136 e. The van der Waals surface area contributed by atoms with Gasteiger partial charge in [-0.05, 0) is 43.2 Å². The SMILES string of the molecule is CCCCc1ccc(CCC2=CCC(=O)CC2)cc1. The van der Waals surface area contributed by atoms with Gasteiger partial charge in [-0.25, -0.2) is 0 Å². The number of aryl methyl sites for hydroxylation is 2. The predicted octanol–water partition coefficient (Wildman–Crippen LogP) is 4.64. The number of unbranched alkanes of at least 4 members (excludes halogenated alkanes) is 1. The lowest BCUT2D eigenvalue weighted by Gasteiger charge is -2.12. The third-order valence-electron chi connectivity index (χ3n) is 3.92. The van der Waals surface area contributed by atoms with Crippen molar-refractivity contribution in [2.45, 2.75) is 58.3 Å². The molecule has 0 radical (unpaired) electrons. The Morgan fingerprint density at radius 1 is 0.947 bits per heavy atom. The van der Waals surface area contributed by atoms with E-state index in [1.54, 1.807) is 0 Å².